The molecule has 1 saturated heterocycles. The summed E-state index contributed by atoms with van der Waals surface area (Å²) in [5.74, 6) is 0.0417. The van der Waals surface area contributed by atoms with Crippen molar-refractivity contribution in [3.8, 4) is 6.07 Å². The normalized spacial score (nSPS) is 22.8. The van der Waals surface area contributed by atoms with Gasteiger partial charge in [-0.1, -0.05) is 37.3 Å². The second-order valence-electron chi connectivity index (χ2n) is 10.5. The number of nitriles is 1. The molecule has 1 fully saturated rings. The predicted molar refractivity (Wildman–Crippen MR) is 147 cm³/mol. The lowest BCUT2D eigenvalue weighted by atomic mass is 9.75. The third-order valence-corrected chi connectivity index (χ3v) is 7.58. The van der Waals surface area contributed by atoms with E-state index in [1.54, 1.807) is 12.1 Å². The van der Waals surface area contributed by atoms with Crippen LogP contribution in [0.1, 0.15) is 43.9 Å². The van der Waals surface area contributed by atoms with Gasteiger partial charge in [0.25, 0.3) is 0 Å². The van der Waals surface area contributed by atoms with Gasteiger partial charge in [0.1, 0.15) is 5.76 Å². The Bertz CT molecular complexity index is 1220. The second-order valence-corrected chi connectivity index (χ2v) is 10.5. The molecule has 2 aromatic rings. The molecule has 39 heavy (non-hydrogen) atoms. The molecule has 1 aromatic heterocycles. The lowest BCUT2D eigenvalue weighted by Gasteiger charge is -2.34. The third-order valence-electron chi connectivity index (χ3n) is 7.58. The van der Waals surface area contributed by atoms with Crippen LogP contribution in [0.2, 0.25) is 0 Å². The maximum absolute atomic E-state index is 10.5. The number of aromatic nitrogens is 2. The van der Waals surface area contributed by atoms with E-state index in [-0.39, 0.29) is 5.76 Å². The highest BCUT2D eigenvalue weighted by Crippen LogP contribution is 2.37. The third kappa shape index (κ3) is 7.53. The first-order chi connectivity index (χ1) is 18.8. The Morgan fingerprint density at radius 2 is 1.92 bits per heavy atom. The van der Waals surface area contributed by atoms with Crippen molar-refractivity contribution in [2.75, 3.05) is 32.8 Å². The molecule has 208 valence electrons. The summed E-state index contributed by atoms with van der Waals surface area (Å²) in [5.41, 5.74) is 2.81. The number of hydrogen-bond donors (Lipinski definition) is 2. The number of hydrogen-bond acceptors (Lipinski definition) is 8. The van der Waals surface area contributed by atoms with E-state index in [1.807, 2.05) is 61.1 Å². The van der Waals surface area contributed by atoms with Crippen LogP contribution in [0.3, 0.4) is 0 Å². The fraction of sp³-hybridized carbons (Fsp3) is 0.517. The summed E-state index contributed by atoms with van der Waals surface area (Å²) in [4.78, 5) is 2.38. The highest BCUT2D eigenvalue weighted by atomic mass is 16.5. The van der Waals surface area contributed by atoms with Gasteiger partial charge in [-0.05, 0) is 37.1 Å². The summed E-state index contributed by atoms with van der Waals surface area (Å²) in [6.45, 7) is 12.0. The molecule has 2 aliphatic rings. The molecular weight excluding hydrogens is 494 g/mol. The first-order valence-electron chi connectivity index (χ1n) is 13.6. The molecule has 2 N–H and O–H groups in total. The van der Waals surface area contributed by atoms with Gasteiger partial charge in [-0.15, -0.1) is 0 Å². The van der Waals surface area contributed by atoms with Crippen LogP contribution in [0.5, 0.6) is 0 Å². The lowest BCUT2D eigenvalue weighted by molar-refractivity contribution is 0.0359. The number of ether oxygens (including phenoxy) is 1. The van der Waals surface area contributed by atoms with E-state index in [1.165, 1.54) is 6.08 Å². The second kappa shape index (κ2) is 13.0. The number of morpholine rings is 1. The Morgan fingerprint density at radius 1 is 1.21 bits per heavy atom. The summed E-state index contributed by atoms with van der Waals surface area (Å²) in [6.07, 6.45) is 7.28. The van der Waals surface area contributed by atoms with Crippen LogP contribution in [0.15, 0.2) is 70.5 Å². The van der Waals surface area contributed by atoms with Gasteiger partial charge in [0, 0.05) is 42.4 Å². The van der Waals surface area contributed by atoms with Crippen molar-refractivity contribution >= 4 is 0 Å². The Labute approximate surface area is 230 Å². The van der Waals surface area contributed by atoms with Gasteiger partial charge in [-0.3, -0.25) is 14.6 Å². The van der Waals surface area contributed by atoms with Crippen molar-refractivity contribution in [1.29, 1.82) is 5.26 Å². The van der Waals surface area contributed by atoms with Crippen LogP contribution < -0.4 is 0 Å². The molecule has 3 unspecified atom stereocenters. The maximum atomic E-state index is 10.5. The number of aliphatic hydroxyl groups is 2. The van der Waals surface area contributed by atoms with Gasteiger partial charge in [0.05, 0.1) is 62.8 Å². The highest BCUT2D eigenvalue weighted by molar-refractivity contribution is 5.37. The van der Waals surface area contributed by atoms with Gasteiger partial charge in [-0.2, -0.15) is 15.5 Å². The molecule has 0 amide bonds. The molecule has 0 saturated carbocycles. The summed E-state index contributed by atoms with van der Waals surface area (Å²) in [7, 11) is 0. The monoisotopic (exact) mass is 533 g/mol. The van der Waals surface area contributed by atoms with E-state index < -0.39 is 17.6 Å². The predicted octanol–water partition coefficient (Wildman–Crippen LogP) is 4.00. The van der Waals surface area contributed by atoms with E-state index in [0.29, 0.717) is 24.2 Å². The maximum Gasteiger partial charge on any atom is 0.119 e. The van der Waals surface area contributed by atoms with E-state index in [4.69, 9.17) is 10.00 Å². The molecule has 4 rings (SSSR count). The van der Waals surface area contributed by atoms with Crippen molar-refractivity contribution in [2.24, 2.45) is 15.8 Å². The number of aliphatic hydroxyl groups excluding tert-OH is 2. The van der Waals surface area contributed by atoms with Crippen molar-refractivity contribution in [2.45, 2.75) is 59.0 Å². The molecule has 0 bridgehead atoms. The minimum atomic E-state index is -0.747. The van der Waals surface area contributed by atoms with Gasteiger partial charge >= 0.3 is 0 Å². The van der Waals surface area contributed by atoms with Crippen LogP contribution in [0.4, 0.5) is 0 Å². The fourth-order valence-corrected chi connectivity index (χ4v) is 4.71. The topological polar surface area (TPSA) is 122 Å². The van der Waals surface area contributed by atoms with Gasteiger partial charge in [0.15, 0.2) is 0 Å². The van der Waals surface area contributed by atoms with Crippen molar-refractivity contribution in [3.05, 3.63) is 76.8 Å². The minimum absolute atomic E-state index is 0.0417. The van der Waals surface area contributed by atoms with E-state index in [9.17, 15) is 10.2 Å². The Morgan fingerprint density at radius 3 is 2.62 bits per heavy atom. The molecule has 1 aliphatic carbocycles. The quantitative estimate of drug-likeness (QED) is 0.331. The number of benzene rings is 1. The summed E-state index contributed by atoms with van der Waals surface area (Å²) in [5, 5.41) is 45.6. The van der Waals surface area contributed by atoms with Crippen LogP contribution in [0, 0.1) is 16.7 Å². The molecule has 0 radical (unpaired) electrons. The minimum Gasteiger partial charge on any atom is -0.508 e. The molecule has 0 spiro atoms. The van der Waals surface area contributed by atoms with E-state index >= 15 is 0 Å². The van der Waals surface area contributed by atoms with Crippen LogP contribution in [-0.2, 0) is 24.4 Å². The molecule has 2 heterocycles. The molecular formula is C29H39N7O3. The van der Waals surface area contributed by atoms with Crippen molar-refractivity contribution in [3.63, 3.8) is 0 Å². The summed E-state index contributed by atoms with van der Waals surface area (Å²) < 4.78 is 7.39. The first kappa shape index (κ1) is 28.5. The zero-order chi connectivity index (χ0) is 27.8. The van der Waals surface area contributed by atoms with Crippen LogP contribution in [0.25, 0.3) is 0 Å². The average Bonchev–Trinajstić information content (AvgIpc) is 3.40. The number of rotatable bonds is 11. The summed E-state index contributed by atoms with van der Waals surface area (Å²) in [6, 6.07) is 9.18. The van der Waals surface area contributed by atoms with Gasteiger partial charge in [-0.25, -0.2) is 0 Å². The largest absolute Gasteiger partial charge is 0.508 e. The van der Waals surface area contributed by atoms with E-state index in [2.05, 4.69) is 26.4 Å². The fourth-order valence-electron chi connectivity index (χ4n) is 4.71. The molecule has 10 heteroatoms. The molecule has 3 atom stereocenters. The van der Waals surface area contributed by atoms with Gasteiger partial charge < -0.3 is 14.9 Å². The molecule has 10 nitrogen and oxygen atoms in total. The van der Waals surface area contributed by atoms with Crippen molar-refractivity contribution < 1.29 is 14.9 Å². The smallest absolute Gasteiger partial charge is 0.119 e. The van der Waals surface area contributed by atoms with Crippen LogP contribution in [-0.4, -0.2) is 74.9 Å². The van der Waals surface area contributed by atoms with E-state index in [0.717, 1.165) is 56.9 Å². The summed E-state index contributed by atoms with van der Waals surface area (Å²) >= 11 is 0. The number of nitrogens with zero attached hydrogens (tertiary/aromatic N) is 7. The SMILES string of the molecule is CCC1(C)C=C(C(C)/N=N\N(Cc2ccc(C#N)cc2)Cc2cnn(CCN3CCOCC3)c2)C(O)=CC1O. The standard InChI is InChI=1S/C29H39N7O3/c1-4-29(3)16-26(27(37)15-28(29)38)22(2)32-33-36(19-24-7-5-23(17-30)6-8-24)21-25-18-31-35(20-25)10-9-34-11-13-39-14-12-34/h5-8,15-16,18,20,22,28,37-38H,4,9-14,19,21H2,1-3H3/b33-32-. The van der Waals surface area contributed by atoms with Gasteiger partial charge in [0.2, 0.25) is 0 Å². The Kier molecular flexibility index (Phi) is 9.51. The zero-order valence-electron chi connectivity index (χ0n) is 23.1. The molecule has 1 aliphatic heterocycles. The first-order valence-corrected chi connectivity index (χ1v) is 13.6. The highest BCUT2D eigenvalue weighted by Gasteiger charge is 2.34. The Balaban J connectivity index is 1.47. The lowest BCUT2D eigenvalue weighted by Crippen LogP contribution is -2.38. The Hall–Kier alpha value is -3.52. The zero-order valence-corrected chi connectivity index (χ0v) is 23.1. The van der Waals surface area contributed by atoms with Crippen LogP contribution >= 0.6 is 0 Å². The van der Waals surface area contributed by atoms with Crippen molar-refractivity contribution in [1.82, 2.24) is 19.7 Å². The molecule has 1 aromatic carbocycles. The average molecular weight is 534 g/mol.